The van der Waals surface area contributed by atoms with E-state index in [1.807, 2.05) is 169 Å². The zero-order valence-electron chi connectivity index (χ0n) is 35.5. The van der Waals surface area contributed by atoms with Crippen LogP contribution in [0.15, 0.2) is 182 Å². The fraction of sp³-hybridized carbons (Fsp3) is 0.111. The summed E-state index contributed by atoms with van der Waals surface area (Å²) in [5, 5.41) is 48.1. The van der Waals surface area contributed by atoms with Crippen molar-refractivity contribution >= 4 is 55.4 Å². The molecule has 10 aromatic rings. The van der Waals surface area contributed by atoms with E-state index >= 15 is 5.21 Å². The van der Waals surface area contributed by atoms with Gasteiger partial charge in [-0.1, -0.05) is 158 Å². The second-order valence-electron chi connectivity index (χ2n) is 16.3. The first-order chi connectivity index (χ1) is 31.7. The average molecular weight is 857 g/mol. The van der Waals surface area contributed by atoms with Gasteiger partial charge >= 0.3 is 5.91 Å². The number of pyridine rings is 2. The fourth-order valence-electron chi connectivity index (χ4n) is 9.24. The van der Waals surface area contributed by atoms with E-state index in [0.29, 0.717) is 48.8 Å². The fourth-order valence-corrected chi connectivity index (χ4v) is 9.24. The number of aryl methyl sites for hydroxylation is 2. The Morgan fingerprint density at radius 3 is 1.42 bits per heavy atom. The van der Waals surface area contributed by atoms with Crippen LogP contribution >= 0.6 is 0 Å². The molecule has 10 rings (SSSR count). The number of aliphatic hydroxyl groups excluding tert-OH is 2. The summed E-state index contributed by atoms with van der Waals surface area (Å²) in [7, 11) is 3.75. The Morgan fingerprint density at radius 2 is 0.923 bits per heavy atom. The van der Waals surface area contributed by atoms with Crippen LogP contribution in [0.2, 0.25) is 0 Å². The third-order valence-electron chi connectivity index (χ3n) is 12.5. The van der Waals surface area contributed by atoms with Crippen molar-refractivity contribution < 1.29 is 24.5 Å². The van der Waals surface area contributed by atoms with E-state index in [4.69, 9.17) is 4.98 Å². The minimum atomic E-state index is -1.16. The van der Waals surface area contributed by atoms with Gasteiger partial charge in [-0.05, 0) is 40.5 Å². The summed E-state index contributed by atoms with van der Waals surface area (Å²) in [5.41, 5.74) is 5.25. The number of aromatic nitrogens is 4. The molecule has 6 aromatic carbocycles. The lowest BCUT2D eigenvalue weighted by molar-refractivity contribution is -0.595. The number of nitrogens with zero attached hydrogens (tertiary/aromatic N) is 4. The third kappa shape index (κ3) is 7.22. The topological polar surface area (TPSA) is 148 Å². The quantitative estimate of drug-likeness (QED) is 0.0754. The lowest BCUT2D eigenvalue weighted by Crippen LogP contribution is -2.43. The highest BCUT2D eigenvalue weighted by molar-refractivity contribution is 6.17. The van der Waals surface area contributed by atoms with Crippen LogP contribution in [0, 0.1) is 5.21 Å². The van der Waals surface area contributed by atoms with Gasteiger partial charge in [-0.25, -0.2) is 4.98 Å². The minimum absolute atomic E-state index is 0.00180. The normalized spacial score (nSPS) is 13.5. The SMILES string of the molecule is Cn1c2ccccc2c2cc(C(=O)N[C@H](c3ccccc3)[C@@H](O)c3ccccc3)nc(-c3c4c(cc(C(=O)N[C@H](c5ccccc5)[C@@H](O)c5ccccc5)[n+]3[O-])c3ccccc3n4C)c21. The summed E-state index contributed by atoms with van der Waals surface area (Å²) in [5.74, 6) is -1.30. The van der Waals surface area contributed by atoms with Crippen molar-refractivity contribution in [2.75, 3.05) is 0 Å². The smallest absolute Gasteiger partial charge is 0.318 e. The Morgan fingerprint density at radius 1 is 0.523 bits per heavy atom. The van der Waals surface area contributed by atoms with E-state index in [1.54, 1.807) is 36.4 Å². The number of aliphatic hydroxyl groups is 2. The first kappa shape index (κ1) is 40.9. The summed E-state index contributed by atoms with van der Waals surface area (Å²) in [6, 6.07) is 53.6. The van der Waals surface area contributed by atoms with Crippen LogP contribution < -0.4 is 15.4 Å². The van der Waals surface area contributed by atoms with Crippen molar-refractivity contribution in [1.29, 1.82) is 0 Å². The molecule has 0 aliphatic carbocycles. The van der Waals surface area contributed by atoms with Gasteiger partial charge in [0.05, 0.1) is 17.6 Å². The summed E-state index contributed by atoms with van der Waals surface area (Å²) >= 11 is 0. The first-order valence-electron chi connectivity index (χ1n) is 21.4. The van der Waals surface area contributed by atoms with Crippen LogP contribution in [-0.4, -0.2) is 36.1 Å². The van der Waals surface area contributed by atoms with Crippen molar-refractivity contribution in [2.45, 2.75) is 24.3 Å². The number of rotatable bonds is 11. The van der Waals surface area contributed by atoms with Crippen molar-refractivity contribution in [3.63, 3.8) is 0 Å². The highest BCUT2D eigenvalue weighted by Crippen LogP contribution is 2.40. The molecule has 2 amide bonds. The molecule has 4 aromatic heterocycles. The van der Waals surface area contributed by atoms with E-state index < -0.39 is 36.1 Å². The summed E-state index contributed by atoms with van der Waals surface area (Å²) in [6.45, 7) is 0. The molecular formula is C54H44N6O5. The highest BCUT2D eigenvalue weighted by Gasteiger charge is 2.35. The Kier molecular flexibility index (Phi) is 10.6. The molecule has 0 radical (unpaired) electrons. The molecule has 0 fully saturated rings. The largest absolute Gasteiger partial charge is 0.618 e. The lowest BCUT2D eigenvalue weighted by atomic mass is 9.95. The number of amides is 2. The second-order valence-corrected chi connectivity index (χ2v) is 16.3. The summed E-state index contributed by atoms with van der Waals surface area (Å²) in [6.07, 6.45) is -2.27. The zero-order chi connectivity index (χ0) is 44.8. The maximum atomic E-state index is 15.5. The minimum Gasteiger partial charge on any atom is -0.618 e. The van der Waals surface area contributed by atoms with Gasteiger partial charge in [0, 0.05) is 52.7 Å². The molecule has 4 atom stereocenters. The van der Waals surface area contributed by atoms with Crippen LogP contribution in [0.3, 0.4) is 0 Å². The Balaban J connectivity index is 1.19. The van der Waals surface area contributed by atoms with Crippen molar-refractivity contribution in [1.82, 2.24) is 24.8 Å². The maximum absolute atomic E-state index is 15.5. The Hall–Kier alpha value is -8.12. The molecule has 0 saturated heterocycles. The van der Waals surface area contributed by atoms with Crippen molar-refractivity contribution in [3.05, 3.63) is 221 Å². The first-order valence-corrected chi connectivity index (χ1v) is 21.4. The van der Waals surface area contributed by atoms with Crippen LogP contribution in [-0.2, 0) is 14.1 Å². The number of fused-ring (bicyclic) bond motifs is 6. The van der Waals surface area contributed by atoms with Crippen LogP contribution in [0.5, 0.6) is 0 Å². The van der Waals surface area contributed by atoms with Crippen LogP contribution in [0.25, 0.3) is 55.0 Å². The van der Waals surface area contributed by atoms with E-state index in [-0.39, 0.29) is 22.8 Å². The van der Waals surface area contributed by atoms with E-state index in [2.05, 4.69) is 10.6 Å². The maximum Gasteiger partial charge on any atom is 0.318 e. The van der Waals surface area contributed by atoms with Gasteiger partial charge in [-0.3, -0.25) is 9.59 Å². The predicted molar refractivity (Wildman–Crippen MR) is 253 cm³/mol. The van der Waals surface area contributed by atoms with Crippen LogP contribution in [0.4, 0.5) is 0 Å². The molecule has 11 heteroatoms. The van der Waals surface area contributed by atoms with Crippen LogP contribution in [0.1, 0.15) is 67.5 Å². The number of hydrogen-bond acceptors (Lipinski definition) is 6. The van der Waals surface area contributed by atoms with Gasteiger partial charge in [0.25, 0.3) is 17.3 Å². The standard InChI is InChI=1S/C54H44N6O5/c1-58-42-29-17-15-27-37(42)39-31-41(53(63)56-45(33-19-7-3-8-20-33)51(61)35-23-11-5-12-24-35)55-47(48(39)58)50-49-40(38-28-16-18-30-43(38)59(49)2)32-44(60(50)65)54(64)57-46(34-21-9-4-10-22-34)52(62)36-25-13-6-14-26-36/h3-32,45-46,51-52,61-62H,1-2H3,(H,56,63)(H,57,64)/t45-,46-,51+,52+/m1/s1. The molecule has 0 aliphatic heterocycles. The average Bonchev–Trinajstić information content (AvgIpc) is 3.81. The molecule has 4 N–H and O–H groups in total. The number of para-hydroxylation sites is 2. The van der Waals surface area contributed by atoms with Crippen molar-refractivity contribution in [3.8, 4) is 11.4 Å². The lowest BCUT2D eigenvalue weighted by Gasteiger charge is -2.25. The van der Waals surface area contributed by atoms with Gasteiger partial charge in [0.2, 0.25) is 0 Å². The highest BCUT2D eigenvalue weighted by atomic mass is 16.5. The van der Waals surface area contributed by atoms with E-state index in [0.717, 1.165) is 21.8 Å². The predicted octanol–water partition coefficient (Wildman–Crippen LogP) is 9.08. The number of hydrogen-bond donors (Lipinski definition) is 4. The van der Waals surface area contributed by atoms with Gasteiger partial charge in [-0.2, -0.15) is 4.73 Å². The molecule has 0 bridgehead atoms. The second kappa shape index (κ2) is 16.9. The summed E-state index contributed by atoms with van der Waals surface area (Å²) < 4.78 is 4.45. The molecule has 65 heavy (non-hydrogen) atoms. The number of carbonyl (C=O) groups is 2. The van der Waals surface area contributed by atoms with E-state index in [1.165, 1.54) is 0 Å². The third-order valence-corrected chi connectivity index (χ3v) is 12.5. The van der Waals surface area contributed by atoms with E-state index in [9.17, 15) is 19.8 Å². The summed E-state index contributed by atoms with van der Waals surface area (Å²) in [4.78, 5) is 34.8. The molecular weight excluding hydrogens is 813 g/mol. The molecule has 320 valence electrons. The number of benzene rings is 6. The molecule has 11 nitrogen and oxygen atoms in total. The van der Waals surface area contributed by atoms with Gasteiger partial charge in [0.15, 0.2) is 5.69 Å². The zero-order valence-corrected chi connectivity index (χ0v) is 35.5. The van der Waals surface area contributed by atoms with Gasteiger partial charge < -0.3 is 35.2 Å². The Bertz CT molecular complexity index is 3390. The van der Waals surface area contributed by atoms with Gasteiger partial charge in [0.1, 0.15) is 23.4 Å². The molecule has 0 aliphatic rings. The molecule has 0 spiro atoms. The number of nitrogens with one attached hydrogen (secondary N) is 2. The molecule has 0 saturated carbocycles. The monoisotopic (exact) mass is 856 g/mol. The molecule has 4 heterocycles. The Labute approximate surface area is 374 Å². The van der Waals surface area contributed by atoms with Gasteiger partial charge in [-0.15, -0.1) is 0 Å². The van der Waals surface area contributed by atoms with Crippen molar-refractivity contribution in [2.24, 2.45) is 14.1 Å². The molecule has 0 unspecified atom stereocenters. The number of carbonyl (C=O) groups excluding carboxylic acids is 2.